The molecule has 8 aromatic carbocycles. The van der Waals surface area contributed by atoms with E-state index in [0.717, 1.165) is 79.4 Å². The van der Waals surface area contributed by atoms with Crippen molar-refractivity contribution in [2.75, 3.05) is 9.80 Å². The number of fused-ring (bicyclic) bond motifs is 5. The first-order chi connectivity index (χ1) is 34.7. The van der Waals surface area contributed by atoms with Gasteiger partial charge in [0.05, 0.1) is 5.69 Å². The summed E-state index contributed by atoms with van der Waals surface area (Å²) in [7, 11) is 0. The number of hydrogen-bond donors (Lipinski definition) is 0. The molecule has 0 spiro atoms. The largest absolute Gasteiger partial charge is 0.311 e. The van der Waals surface area contributed by atoms with Gasteiger partial charge in [-0.2, -0.15) is 0 Å². The first-order valence-electron chi connectivity index (χ1n) is 27.3. The fraction of sp³-hybridized carbons (Fsp3) is 0.294. The van der Waals surface area contributed by atoms with Crippen LogP contribution in [0.15, 0.2) is 164 Å². The van der Waals surface area contributed by atoms with Crippen molar-refractivity contribution < 1.29 is 4.11 Å². The third-order valence-corrected chi connectivity index (χ3v) is 16.0. The Bertz CT molecular complexity index is 3450. The summed E-state index contributed by atoms with van der Waals surface area (Å²) in [5.41, 5.74) is 22.7. The van der Waals surface area contributed by atoms with Gasteiger partial charge in [0.2, 0.25) is 0 Å². The topological polar surface area (TPSA) is 6.48 Å². The van der Waals surface area contributed by atoms with Crippen molar-refractivity contribution in [3.63, 3.8) is 0 Å². The Hall–Kier alpha value is -6.58. The van der Waals surface area contributed by atoms with Gasteiger partial charge in [-0.3, -0.25) is 0 Å². The number of rotatable bonds is 5. The van der Waals surface area contributed by atoms with E-state index in [4.69, 9.17) is 0 Å². The van der Waals surface area contributed by atoms with Gasteiger partial charge in [0, 0.05) is 38.1 Å². The molecule has 0 N–H and O–H groups in total. The van der Waals surface area contributed by atoms with Crippen molar-refractivity contribution in [1.29, 1.82) is 0 Å². The molecule has 71 heavy (non-hydrogen) atoms. The molecule has 2 aliphatic heterocycles. The van der Waals surface area contributed by atoms with Crippen LogP contribution < -0.4 is 26.2 Å². The zero-order valence-corrected chi connectivity index (χ0v) is 44.3. The average Bonchev–Trinajstić information content (AvgIpc) is 3.58. The van der Waals surface area contributed by atoms with E-state index in [1.54, 1.807) is 0 Å². The lowest BCUT2D eigenvalue weighted by Gasteiger charge is -2.45. The van der Waals surface area contributed by atoms with Gasteiger partial charge in [-0.1, -0.05) is 187 Å². The van der Waals surface area contributed by atoms with Crippen LogP contribution in [-0.2, 0) is 27.1 Å². The lowest BCUT2D eigenvalue weighted by atomic mass is 9.33. The van der Waals surface area contributed by atoms with Gasteiger partial charge < -0.3 is 9.80 Å². The predicted octanol–water partition coefficient (Wildman–Crippen LogP) is 16.9. The molecule has 2 nitrogen and oxygen atoms in total. The van der Waals surface area contributed by atoms with E-state index in [2.05, 4.69) is 251 Å². The fourth-order valence-electron chi connectivity index (χ4n) is 12.4. The maximum atomic E-state index is 9.23. The lowest BCUT2D eigenvalue weighted by molar-refractivity contribution is 0.403. The van der Waals surface area contributed by atoms with Gasteiger partial charge in [-0.15, -0.1) is 0 Å². The summed E-state index contributed by atoms with van der Waals surface area (Å²) >= 11 is 0. The molecule has 0 bridgehead atoms. The molecular formula is C68H71BN2. The maximum Gasteiger partial charge on any atom is 0.252 e. The second-order valence-electron chi connectivity index (χ2n) is 25.3. The van der Waals surface area contributed by atoms with Crippen LogP contribution in [0.25, 0.3) is 33.4 Å². The molecular weight excluding hydrogens is 856 g/mol. The summed E-state index contributed by atoms with van der Waals surface area (Å²) in [5.74, 6) is 0. The van der Waals surface area contributed by atoms with E-state index in [9.17, 15) is 4.11 Å². The van der Waals surface area contributed by atoms with Gasteiger partial charge in [0.1, 0.15) is 0 Å². The van der Waals surface area contributed by atoms with Crippen molar-refractivity contribution in [2.45, 2.75) is 130 Å². The highest BCUT2D eigenvalue weighted by Gasteiger charge is 2.48. The molecule has 0 atom stereocenters. The van der Waals surface area contributed by atoms with Crippen LogP contribution in [0, 0.1) is 6.85 Å². The standard InChI is InChI=1S/C68H71BN2/c1-43-33-61-63-62(34-43)71(58-31-27-50(65(5,6)7)38-53(58)48-36-46(44-21-17-15-18-22-44)35-47(37-48)45-23-19-16-20-24-45)60-41-55-54(67(11,12)42-68(55,13)14)40-57(60)69(63)56-39-51(66(8,9)10)28-32-59(56)70(61)52-29-25-49(26-30-52)64(2,3)4/h15-41H,42H2,1-14H3/i1D3. The highest BCUT2D eigenvalue weighted by molar-refractivity contribution is 7.00. The fourth-order valence-corrected chi connectivity index (χ4v) is 12.4. The lowest BCUT2D eigenvalue weighted by Crippen LogP contribution is -2.61. The van der Waals surface area contributed by atoms with E-state index >= 15 is 0 Å². The first-order valence-corrected chi connectivity index (χ1v) is 25.8. The zero-order valence-electron chi connectivity index (χ0n) is 47.3. The van der Waals surface area contributed by atoms with E-state index in [1.165, 1.54) is 38.7 Å². The highest BCUT2D eigenvalue weighted by Crippen LogP contribution is 2.54. The normalized spacial score (nSPS) is 16.4. The Balaban J connectivity index is 1.29. The van der Waals surface area contributed by atoms with Gasteiger partial charge >= 0.3 is 0 Å². The zero-order chi connectivity index (χ0) is 52.7. The van der Waals surface area contributed by atoms with Crippen LogP contribution in [0.3, 0.4) is 0 Å². The minimum absolute atomic E-state index is 0.0408. The number of benzene rings is 8. The van der Waals surface area contributed by atoms with Gasteiger partial charge in [-0.05, 0) is 185 Å². The molecule has 0 aromatic heterocycles. The van der Waals surface area contributed by atoms with E-state index in [1.807, 2.05) is 12.1 Å². The number of hydrogen-bond acceptors (Lipinski definition) is 2. The SMILES string of the molecule is [2H]C([2H])([2H])c1cc2c3c(c1)N(c1ccc(C(C)(C)C)cc1-c1cc(-c4ccccc4)cc(-c4ccccc4)c1)c1cc4c(cc1B3c1cc(C(C)(C)C)ccc1N2c1ccc(C(C)(C)C)cc1)C(C)(C)CC4(C)C. The second-order valence-corrected chi connectivity index (χ2v) is 25.3. The Morgan fingerprint density at radius 2 is 0.901 bits per heavy atom. The maximum absolute atomic E-state index is 9.23. The molecule has 2 heterocycles. The van der Waals surface area contributed by atoms with E-state index in [-0.39, 0.29) is 33.8 Å². The molecule has 0 saturated carbocycles. The summed E-state index contributed by atoms with van der Waals surface area (Å²) in [6.45, 7) is 27.6. The van der Waals surface area contributed by atoms with Crippen molar-refractivity contribution in [3.8, 4) is 33.4 Å². The minimum Gasteiger partial charge on any atom is -0.311 e. The summed E-state index contributed by atoms with van der Waals surface area (Å²) in [4.78, 5) is 4.84. The first kappa shape index (κ1) is 43.2. The van der Waals surface area contributed by atoms with Crippen molar-refractivity contribution in [2.24, 2.45) is 0 Å². The minimum atomic E-state index is -2.40. The average molecular weight is 930 g/mol. The Kier molecular flexibility index (Phi) is 9.88. The van der Waals surface area contributed by atoms with Crippen LogP contribution in [0.5, 0.6) is 0 Å². The molecule has 1 aliphatic carbocycles. The Morgan fingerprint density at radius 1 is 0.423 bits per heavy atom. The van der Waals surface area contributed by atoms with Gasteiger partial charge in [0.25, 0.3) is 6.71 Å². The second kappa shape index (κ2) is 16.2. The number of anilines is 6. The quantitative estimate of drug-likeness (QED) is 0.159. The summed E-state index contributed by atoms with van der Waals surface area (Å²) in [6, 6.07) is 60.6. The summed E-state index contributed by atoms with van der Waals surface area (Å²) in [5, 5.41) is 0. The number of aryl methyl sites for hydroxylation is 1. The molecule has 11 rings (SSSR count). The van der Waals surface area contributed by atoms with Crippen molar-refractivity contribution >= 4 is 57.2 Å². The molecule has 0 saturated heterocycles. The van der Waals surface area contributed by atoms with Crippen LogP contribution in [0.1, 0.15) is 134 Å². The van der Waals surface area contributed by atoms with E-state index < -0.39 is 6.85 Å². The smallest absolute Gasteiger partial charge is 0.252 e. The predicted molar refractivity (Wildman–Crippen MR) is 308 cm³/mol. The van der Waals surface area contributed by atoms with E-state index in [0.29, 0.717) is 5.56 Å². The van der Waals surface area contributed by atoms with Crippen molar-refractivity contribution in [1.82, 2.24) is 0 Å². The molecule has 3 heteroatoms. The molecule has 0 amide bonds. The van der Waals surface area contributed by atoms with Crippen LogP contribution in [0.4, 0.5) is 34.1 Å². The molecule has 356 valence electrons. The molecule has 0 radical (unpaired) electrons. The third kappa shape index (κ3) is 7.96. The Labute approximate surface area is 430 Å². The number of nitrogens with zero attached hydrogens (tertiary/aromatic N) is 2. The van der Waals surface area contributed by atoms with Gasteiger partial charge in [0.15, 0.2) is 0 Å². The third-order valence-electron chi connectivity index (χ3n) is 16.0. The van der Waals surface area contributed by atoms with Crippen LogP contribution >= 0.6 is 0 Å². The van der Waals surface area contributed by atoms with Crippen LogP contribution in [0.2, 0.25) is 0 Å². The Morgan fingerprint density at radius 3 is 1.45 bits per heavy atom. The highest BCUT2D eigenvalue weighted by atomic mass is 15.2. The van der Waals surface area contributed by atoms with Crippen molar-refractivity contribution in [3.05, 3.63) is 197 Å². The molecule has 0 fully saturated rings. The molecule has 0 unspecified atom stereocenters. The van der Waals surface area contributed by atoms with Crippen LogP contribution in [-0.4, -0.2) is 6.71 Å². The molecule has 3 aliphatic rings. The van der Waals surface area contributed by atoms with Gasteiger partial charge in [-0.25, -0.2) is 0 Å². The monoisotopic (exact) mass is 930 g/mol. The summed E-state index contributed by atoms with van der Waals surface area (Å²) in [6.07, 6.45) is 1.02. The summed E-state index contributed by atoms with van der Waals surface area (Å²) < 4.78 is 27.7. The molecule has 8 aromatic rings.